The van der Waals surface area contributed by atoms with Gasteiger partial charge in [0.2, 0.25) is 5.91 Å². The third-order valence-electron chi connectivity index (χ3n) is 3.12. The number of rotatable bonds is 6. The molecule has 3 heteroatoms. The van der Waals surface area contributed by atoms with Crippen molar-refractivity contribution in [2.75, 3.05) is 6.54 Å². The Morgan fingerprint density at radius 2 is 1.63 bits per heavy atom. The van der Waals surface area contributed by atoms with Crippen molar-refractivity contribution >= 4 is 5.91 Å². The summed E-state index contributed by atoms with van der Waals surface area (Å²) in [6.07, 6.45) is 0.468. The molecule has 19 heavy (non-hydrogen) atoms. The molecule has 1 aromatic carbocycles. The quantitative estimate of drug-likeness (QED) is 0.856. The number of hydrogen-bond donors (Lipinski definition) is 1. The molecule has 1 amide bonds. The van der Waals surface area contributed by atoms with Crippen LogP contribution in [0.5, 0.6) is 0 Å². The summed E-state index contributed by atoms with van der Waals surface area (Å²) < 4.78 is 0. The van der Waals surface area contributed by atoms with Gasteiger partial charge in [-0.15, -0.1) is 0 Å². The van der Waals surface area contributed by atoms with Gasteiger partial charge in [0.25, 0.3) is 0 Å². The predicted molar refractivity (Wildman–Crippen MR) is 79.7 cm³/mol. The van der Waals surface area contributed by atoms with Gasteiger partial charge in [-0.2, -0.15) is 0 Å². The van der Waals surface area contributed by atoms with Gasteiger partial charge >= 0.3 is 0 Å². The highest BCUT2D eigenvalue weighted by molar-refractivity contribution is 5.79. The van der Waals surface area contributed by atoms with E-state index in [1.807, 2.05) is 29.2 Å². The lowest BCUT2D eigenvalue weighted by Gasteiger charge is -2.28. The molecule has 0 atom stereocenters. The standard InChI is InChI=1S/C16H26N2O/c1-12(2)11-18(13(3)4)16(19)9-14-5-7-15(10-17)8-6-14/h5-8,12-13H,9-11,17H2,1-4H3. The number of hydrogen-bond acceptors (Lipinski definition) is 2. The third-order valence-corrected chi connectivity index (χ3v) is 3.12. The first kappa shape index (κ1) is 15.7. The Kier molecular flexibility index (Phi) is 6.03. The molecule has 0 unspecified atom stereocenters. The maximum absolute atomic E-state index is 12.3. The fourth-order valence-corrected chi connectivity index (χ4v) is 2.06. The predicted octanol–water partition coefficient (Wildman–Crippen LogP) is 2.58. The van der Waals surface area contributed by atoms with E-state index in [0.29, 0.717) is 18.9 Å². The first-order chi connectivity index (χ1) is 8.93. The summed E-state index contributed by atoms with van der Waals surface area (Å²) >= 11 is 0. The molecule has 0 saturated heterocycles. The molecule has 0 fully saturated rings. The van der Waals surface area contributed by atoms with Crippen LogP contribution in [0, 0.1) is 5.92 Å². The van der Waals surface area contributed by atoms with Crippen molar-refractivity contribution in [2.45, 2.75) is 46.7 Å². The number of amides is 1. The van der Waals surface area contributed by atoms with E-state index < -0.39 is 0 Å². The SMILES string of the molecule is CC(C)CN(C(=O)Cc1ccc(CN)cc1)C(C)C. The van der Waals surface area contributed by atoms with E-state index in [9.17, 15) is 4.79 Å². The molecule has 0 aliphatic heterocycles. The van der Waals surface area contributed by atoms with E-state index in [4.69, 9.17) is 5.73 Å². The van der Waals surface area contributed by atoms with Crippen LogP contribution in [0.15, 0.2) is 24.3 Å². The largest absolute Gasteiger partial charge is 0.340 e. The fourth-order valence-electron chi connectivity index (χ4n) is 2.06. The number of carbonyl (C=O) groups is 1. The highest BCUT2D eigenvalue weighted by atomic mass is 16.2. The number of nitrogens with two attached hydrogens (primary N) is 1. The van der Waals surface area contributed by atoms with E-state index in [1.165, 1.54) is 0 Å². The van der Waals surface area contributed by atoms with Gasteiger partial charge in [0.05, 0.1) is 6.42 Å². The maximum atomic E-state index is 12.3. The Labute approximate surface area is 116 Å². The van der Waals surface area contributed by atoms with Crippen molar-refractivity contribution < 1.29 is 4.79 Å². The fraction of sp³-hybridized carbons (Fsp3) is 0.562. The average Bonchev–Trinajstić information content (AvgIpc) is 2.36. The molecule has 3 nitrogen and oxygen atoms in total. The Hall–Kier alpha value is -1.35. The smallest absolute Gasteiger partial charge is 0.227 e. The molecule has 0 heterocycles. The van der Waals surface area contributed by atoms with Gasteiger partial charge in [-0.05, 0) is 30.9 Å². The van der Waals surface area contributed by atoms with Crippen LogP contribution in [0.3, 0.4) is 0 Å². The lowest BCUT2D eigenvalue weighted by atomic mass is 10.1. The summed E-state index contributed by atoms with van der Waals surface area (Å²) in [7, 11) is 0. The lowest BCUT2D eigenvalue weighted by Crippen LogP contribution is -2.40. The minimum atomic E-state index is 0.198. The first-order valence-corrected chi connectivity index (χ1v) is 7.01. The van der Waals surface area contributed by atoms with Gasteiger partial charge in [0, 0.05) is 19.1 Å². The minimum Gasteiger partial charge on any atom is -0.340 e. The van der Waals surface area contributed by atoms with Crippen molar-refractivity contribution in [1.82, 2.24) is 4.90 Å². The van der Waals surface area contributed by atoms with Crippen LogP contribution >= 0.6 is 0 Å². The Morgan fingerprint density at radius 1 is 1.11 bits per heavy atom. The van der Waals surface area contributed by atoms with Crippen molar-refractivity contribution in [1.29, 1.82) is 0 Å². The second-order valence-electron chi connectivity index (χ2n) is 5.73. The van der Waals surface area contributed by atoms with Gasteiger partial charge in [-0.25, -0.2) is 0 Å². The lowest BCUT2D eigenvalue weighted by molar-refractivity contribution is -0.132. The van der Waals surface area contributed by atoms with Gasteiger partial charge in [-0.1, -0.05) is 38.1 Å². The van der Waals surface area contributed by atoms with Crippen LogP contribution < -0.4 is 5.73 Å². The average molecular weight is 262 g/mol. The van der Waals surface area contributed by atoms with Gasteiger partial charge in [0.15, 0.2) is 0 Å². The van der Waals surface area contributed by atoms with E-state index in [0.717, 1.165) is 17.7 Å². The minimum absolute atomic E-state index is 0.198. The Bertz CT molecular complexity index is 396. The summed E-state index contributed by atoms with van der Waals surface area (Å²) in [4.78, 5) is 14.3. The maximum Gasteiger partial charge on any atom is 0.227 e. The molecule has 2 N–H and O–H groups in total. The summed E-state index contributed by atoms with van der Waals surface area (Å²) in [5, 5.41) is 0. The molecular formula is C16H26N2O. The van der Waals surface area contributed by atoms with Gasteiger partial charge < -0.3 is 10.6 Å². The number of carbonyl (C=O) groups excluding carboxylic acids is 1. The molecule has 0 aliphatic rings. The Balaban J connectivity index is 2.69. The molecule has 0 aromatic heterocycles. The first-order valence-electron chi connectivity index (χ1n) is 7.01. The van der Waals surface area contributed by atoms with E-state index in [2.05, 4.69) is 27.7 Å². The molecule has 1 rings (SSSR count). The van der Waals surface area contributed by atoms with Crippen molar-refractivity contribution in [3.63, 3.8) is 0 Å². The van der Waals surface area contributed by atoms with Crippen LogP contribution in [0.1, 0.15) is 38.8 Å². The van der Waals surface area contributed by atoms with Crippen molar-refractivity contribution in [3.05, 3.63) is 35.4 Å². The molecule has 1 aromatic rings. The van der Waals surface area contributed by atoms with Crippen LogP contribution in [-0.2, 0) is 17.8 Å². The summed E-state index contributed by atoms with van der Waals surface area (Å²) in [5.74, 6) is 0.690. The molecular weight excluding hydrogens is 236 g/mol. The molecule has 0 bridgehead atoms. The highest BCUT2D eigenvalue weighted by Crippen LogP contribution is 2.10. The monoisotopic (exact) mass is 262 g/mol. The zero-order valence-electron chi connectivity index (χ0n) is 12.5. The van der Waals surface area contributed by atoms with Crippen molar-refractivity contribution in [2.24, 2.45) is 11.7 Å². The molecule has 0 radical (unpaired) electrons. The molecule has 106 valence electrons. The molecule has 0 spiro atoms. The van der Waals surface area contributed by atoms with E-state index >= 15 is 0 Å². The topological polar surface area (TPSA) is 46.3 Å². The van der Waals surface area contributed by atoms with Gasteiger partial charge in [0.1, 0.15) is 0 Å². The summed E-state index contributed by atoms with van der Waals surface area (Å²) in [6.45, 7) is 9.77. The highest BCUT2D eigenvalue weighted by Gasteiger charge is 2.18. The number of nitrogens with zero attached hydrogens (tertiary/aromatic N) is 1. The second kappa shape index (κ2) is 7.29. The van der Waals surface area contributed by atoms with Crippen molar-refractivity contribution in [3.8, 4) is 0 Å². The second-order valence-corrected chi connectivity index (χ2v) is 5.73. The number of benzene rings is 1. The van der Waals surface area contributed by atoms with Crippen LogP contribution in [0.4, 0.5) is 0 Å². The van der Waals surface area contributed by atoms with Crippen LogP contribution in [0.2, 0.25) is 0 Å². The van der Waals surface area contributed by atoms with Gasteiger partial charge in [-0.3, -0.25) is 4.79 Å². The zero-order chi connectivity index (χ0) is 14.4. The molecule has 0 aliphatic carbocycles. The summed E-state index contributed by atoms with van der Waals surface area (Å²) in [6, 6.07) is 8.22. The Morgan fingerprint density at radius 3 is 2.05 bits per heavy atom. The zero-order valence-corrected chi connectivity index (χ0v) is 12.5. The van der Waals surface area contributed by atoms with Crippen LogP contribution in [-0.4, -0.2) is 23.4 Å². The van der Waals surface area contributed by atoms with E-state index in [1.54, 1.807) is 0 Å². The van der Waals surface area contributed by atoms with Crippen LogP contribution in [0.25, 0.3) is 0 Å². The molecule has 0 saturated carbocycles. The van der Waals surface area contributed by atoms with E-state index in [-0.39, 0.29) is 11.9 Å². The normalized spacial score (nSPS) is 11.1. The third kappa shape index (κ3) is 5.03. The summed E-state index contributed by atoms with van der Waals surface area (Å²) in [5.41, 5.74) is 7.72.